The lowest BCUT2D eigenvalue weighted by atomic mass is 9.92. The molecule has 5 heteroatoms. The highest BCUT2D eigenvalue weighted by Gasteiger charge is 2.23. The van der Waals surface area contributed by atoms with Crippen LogP contribution in [-0.4, -0.2) is 40.8 Å². The van der Waals surface area contributed by atoms with Crippen LogP contribution in [0.3, 0.4) is 0 Å². The van der Waals surface area contributed by atoms with E-state index in [4.69, 9.17) is 0 Å². The minimum atomic E-state index is 0.722. The van der Waals surface area contributed by atoms with E-state index in [1.165, 1.54) is 17.5 Å². The van der Waals surface area contributed by atoms with Gasteiger partial charge in [0.05, 0.1) is 6.54 Å². The average molecular weight is 339 g/mol. The number of guanidine groups is 1. The Labute approximate surface area is 150 Å². The highest BCUT2D eigenvalue weighted by molar-refractivity contribution is 5.80. The standard InChI is InChI=1S/C20H29N5/c1-16-10-17(2)14-24(13-16)20(21-3)22-12-18-6-4-7-19(11-18)15-25-9-5-8-23-25/h4-9,11,16-17H,10,12-15H2,1-3H3,(H,21,22). The molecular weight excluding hydrogens is 310 g/mol. The summed E-state index contributed by atoms with van der Waals surface area (Å²) in [4.78, 5) is 6.89. The zero-order valence-electron chi connectivity index (χ0n) is 15.5. The van der Waals surface area contributed by atoms with Crippen molar-refractivity contribution in [2.75, 3.05) is 20.1 Å². The highest BCUT2D eigenvalue weighted by Crippen LogP contribution is 2.21. The molecule has 1 aromatic heterocycles. The molecule has 0 bridgehead atoms. The van der Waals surface area contributed by atoms with Gasteiger partial charge in [-0.2, -0.15) is 5.10 Å². The summed E-state index contributed by atoms with van der Waals surface area (Å²) in [5, 5.41) is 7.82. The third kappa shape index (κ3) is 4.84. The van der Waals surface area contributed by atoms with Crippen LogP contribution in [0.2, 0.25) is 0 Å². The Morgan fingerprint density at radius 1 is 1.20 bits per heavy atom. The molecule has 0 radical (unpaired) electrons. The van der Waals surface area contributed by atoms with Gasteiger partial charge in [-0.1, -0.05) is 38.1 Å². The monoisotopic (exact) mass is 339 g/mol. The first-order chi connectivity index (χ1) is 12.1. The Hall–Kier alpha value is -2.30. The van der Waals surface area contributed by atoms with Crippen molar-refractivity contribution in [2.24, 2.45) is 16.8 Å². The fraction of sp³-hybridized carbons (Fsp3) is 0.500. The summed E-state index contributed by atoms with van der Waals surface area (Å²) in [6.07, 6.45) is 5.12. The zero-order chi connectivity index (χ0) is 17.6. The number of rotatable bonds is 4. The van der Waals surface area contributed by atoms with Crippen molar-refractivity contribution < 1.29 is 0 Å². The van der Waals surface area contributed by atoms with E-state index in [1.54, 1.807) is 0 Å². The van der Waals surface area contributed by atoms with Crippen molar-refractivity contribution in [3.8, 4) is 0 Å². The summed E-state index contributed by atoms with van der Waals surface area (Å²) in [7, 11) is 1.88. The topological polar surface area (TPSA) is 45.5 Å². The molecule has 1 N–H and O–H groups in total. The second-order valence-electron chi connectivity index (χ2n) is 7.28. The van der Waals surface area contributed by atoms with Crippen LogP contribution < -0.4 is 5.32 Å². The maximum Gasteiger partial charge on any atom is 0.193 e. The molecule has 1 saturated heterocycles. The molecule has 2 atom stereocenters. The molecule has 25 heavy (non-hydrogen) atoms. The first-order valence-electron chi connectivity index (χ1n) is 9.15. The van der Waals surface area contributed by atoms with Gasteiger partial charge in [0.1, 0.15) is 0 Å². The van der Waals surface area contributed by atoms with Gasteiger partial charge in [-0.15, -0.1) is 0 Å². The van der Waals surface area contributed by atoms with E-state index in [-0.39, 0.29) is 0 Å². The number of hydrogen-bond acceptors (Lipinski definition) is 2. The minimum Gasteiger partial charge on any atom is -0.352 e. The van der Waals surface area contributed by atoms with Gasteiger partial charge in [-0.25, -0.2) is 0 Å². The van der Waals surface area contributed by atoms with E-state index in [1.807, 2.05) is 30.2 Å². The zero-order valence-corrected chi connectivity index (χ0v) is 15.5. The van der Waals surface area contributed by atoms with Crippen LogP contribution in [0, 0.1) is 11.8 Å². The third-order valence-corrected chi connectivity index (χ3v) is 4.73. The van der Waals surface area contributed by atoms with Crippen molar-refractivity contribution in [2.45, 2.75) is 33.4 Å². The fourth-order valence-corrected chi connectivity index (χ4v) is 3.77. The maximum absolute atomic E-state index is 4.50. The van der Waals surface area contributed by atoms with Gasteiger partial charge in [-0.05, 0) is 35.4 Å². The Kier molecular flexibility index (Phi) is 5.74. The largest absolute Gasteiger partial charge is 0.352 e. The molecule has 0 spiro atoms. The molecule has 5 nitrogen and oxygen atoms in total. The molecule has 1 aliphatic rings. The lowest BCUT2D eigenvalue weighted by Crippen LogP contribution is -2.48. The molecule has 0 aliphatic carbocycles. The summed E-state index contributed by atoms with van der Waals surface area (Å²) in [6.45, 7) is 8.42. The molecule has 2 aromatic rings. The maximum atomic E-state index is 4.50. The molecule has 1 aliphatic heterocycles. The molecule has 134 valence electrons. The number of likely N-dealkylation sites (tertiary alicyclic amines) is 1. The number of nitrogens with one attached hydrogen (secondary N) is 1. The van der Waals surface area contributed by atoms with Crippen molar-refractivity contribution in [1.82, 2.24) is 20.0 Å². The fourth-order valence-electron chi connectivity index (χ4n) is 3.77. The van der Waals surface area contributed by atoms with Crippen LogP contribution in [0.25, 0.3) is 0 Å². The Morgan fingerprint density at radius 3 is 2.64 bits per heavy atom. The van der Waals surface area contributed by atoms with Crippen molar-refractivity contribution >= 4 is 5.96 Å². The predicted octanol–water partition coefficient (Wildman–Crippen LogP) is 2.98. The Balaban J connectivity index is 1.60. The van der Waals surface area contributed by atoms with Crippen molar-refractivity contribution in [3.05, 3.63) is 53.9 Å². The van der Waals surface area contributed by atoms with Crippen molar-refractivity contribution in [3.63, 3.8) is 0 Å². The van der Waals surface area contributed by atoms with Crippen LogP contribution in [-0.2, 0) is 13.1 Å². The second kappa shape index (κ2) is 8.19. The first kappa shape index (κ1) is 17.5. The first-order valence-corrected chi connectivity index (χ1v) is 9.15. The van der Waals surface area contributed by atoms with E-state index in [2.05, 4.69) is 58.4 Å². The highest BCUT2D eigenvalue weighted by atomic mass is 15.3. The third-order valence-electron chi connectivity index (χ3n) is 4.73. The number of hydrogen-bond donors (Lipinski definition) is 1. The molecule has 0 saturated carbocycles. The molecular formula is C20H29N5. The Bertz CT molecular complexity index is 682. The van der Waals surface area contributed by atoms with E-state index in [0.717, 1.165) is 44.0 Å². The van der Waals surface area contributed by atoms with Crippen LogP contribution in [0.1, 0.15) is 31.4 Å². The minimum absolute atomic E-state index is 0.722. The number of aromatic nitrogens is 2. The van der Waals surface area contributed by atoms with Crippen LogP contribution in [0.5, 0.6) is 0 Å². The van der Waals surface area contributed by atoms with E-state index >= 15 is 0 Å². The molecule has 1 aromatic carbocycles. The van der Waals surface area contributed by atoms with Gasteiger partial charge < -0.3 is 10.2 Å². The van der Waals surface area contributed by atoms with Crippen LogP contribution >= 0.6 is 0 Å². The number of benzene rings is 1. The van der Waals surface area contributed by atoms with Gasteiger partial charge in [-0.3, -0.25) is 9.67 Å². The van der Waals surface area contributed by atoms with Gasteiger partial charge in [0.15, 0.2) is 5.96 Å². The van der Waals surface area contributed by atoms with Crippen LogP contribution in [0.15, 0.2) is 47.7 Å². The van der Waals surface area contributed by atoms with Gasteiger partial charge >= 0.3 is 0 Å². The average Bonchev–Trinajstić information content (AvgIpc) is 3.08. The summed E-state index contributed by atoms with van der Waals surface area (Å²) in [5.74, 6) is 2.45. The lowest BCUT2D eigenvalue weighted by Gasteiger charge is -2.37. The number of piperidine rings is 1. The van der Waals surface area contributed by atoms with Gasteiger partial charge in [0, 0.05) is 39.1 Å². The smallest absolute Gasteiger partial charge is 0.193 e. The normalized spacial score (nSPS) is 21.4. The van der Waals surface area contributed by atoms with Gasteiger partial charge in [0.25, 0.3) is 0 Å². The molecule has 3 rings (SSSR count). The molecule has 2 heterocycles. The van der Waals surface area contributed by atoms with E-state index < -0.39 is 0 Å². The second-order valence-corrected chi connectivity index (χ2v) is 7.28. The number of aliphatic imine (C=N–C) groups is 1. The lowest BCUT2D eigenvalue weighted by molar-refractivity contribution is 0.208. The molecule has 1 fully saturated rings. The van der Waals surface area contributed by atoms with E-state index in [0.29, 0.717) is 0 Å². The van der Waals surface area contributed by atoms with Crippen LogP contribution in [0.4, 0.5) is 0 Å². The summed E-state index contributed by atoms with van der Waals surface area (Å²) in [5.41, 5.74) is 2.53. The summed E-state index contributed by atoms with van der Waals surface area (Å²) in [6, 6.07) is 10.6. The Morgan fingerprint density at radius 2 is 1.96 bits per heavy atom. The summed E-state index contributed by atoms with van der Waals surface area (Å²) < 4.78 is 1.95. The van der Waals surface area contributed by atoms with Gasteiger partial charge in [0.2, 0.25) is 0 Å². The quantitative estimate of drug-likeness (QED) is 0.688. The number of nitrogens with zero attached hydrogens (tertiary/aromatic N) is 4. The molecule has 2 unspecified atom stereocenters. The van der Waals surface area contributed by atoms with E-state index in [9.17, 15) is 0 Å². The van der Waals surface area contributed by atoms with Crippen molar-refractivity contribution in [1.29, 1.82) is 0 Å². The summed E-state index contributed by atoms with van der Waals surface area (Å²) >= 11 is 0. The predicted molar refractivity (Wildman–Crippen MR) is 102 cm³/mol. The molecule has 0 amide bonds. The SMILES string of the molecule is CN=C(NCc1cccc(Cn2cccn2)c1)N1CC(C)CC(C)C1.